The Labute approximate surface area is 96.4 Å². The summed E-state index contributed by atoms with van der Waals surface area (Å²) in [7, 11) is 1.82. The van der Waals surface area contributed by atoms with E-state index < -0.39 is 0 Å². The summed E-state index contributed by atoms with van der Waals surface area (Å²) in [6.07, 6.45) is 3.79. The third-order valence-electron chi connectivity index (χ3n) is 2.97. The molecule has 1 aliphatic heterocycles. The van der Waals surface area contributed by atoms with Gasteiger partial charge in [-0.1, -0.05) is 0 Å². The summed E-state index contributed by atoms with van der Waals surface area (Å²) in [5.41, 5.74) is 5.20. The van der Waals surface area contributed by atoms with Crippen LogP contribution in [-0.2, 0) is 9.59 Å². The van der Waals surface area contributed by atoms with E-state index in [0.717, 1.165) is 25.8 Å². The van der Waals surface area contributed by atoms with E-state index >= 15 is 0 Å². The van der Waals surface area contributed by atoms with Gasteiger partial charge in [-0.15, -0.1) is 0 Å². The summed E-state index contributed by atoms with van der Waals surface area (Å²) in [6, 6.07) is 0.0237. The summed E-state index contributed by atoms with van der Waals surface area (Å²) in [5, 5.41) is 2.95. The van der Waals surface area contributed by atoms with Crippen LogP contribution in [0.2, 0.25) is 0 Å². The maximum Gasteiger partial charge on any atom is 0.224 e. The Morgan fingerprint density at radius 3 is 2.81 bits per heavy atom. The van der Waals surface area contributed by atoms with Gasteiger partial charge in [-0.25, -0.2) is 0 Å². The zero-order chi connectivity index (χ0) is 12.0. The van der Waals surface area contributed by atoms with Gasteiger partial charge in [0, 0.05) is 32.0 Å². The van der Waals surface area contributed by atoms with Crippen molar-refractivity contribution in [1.82, 2.24) is 10.2 Å². The number of nitrogens with two attached hydrogens (primary N) is 1. The number of nitrogens with one attached hydrogen (secondary N) is 1. The molecule has 1 heterocycles. The Morgan fingerprint density at radius 1 is 1.44 bits per heavy atom. The van der Waals surface area contributed by atoms with Gasteiger partial charge in [-0.3, -0.25) is 9.59 Å². The fraction of sp³-hybridized carbons (Fsp3) is 0.818. The molecule has 0 saturated carbocycles. The fourth-order valence-corrected chi connectivity index (χ4v) is 2.15. The highest BCUT2D eigenvalue weighted by molar-refractivity contribution is 5.79. The van der Waals surface area contributed by atoms with Crippen molar-refractivity contribution in [2.24, 2.45) is 5.73 Å². The van der Waals surface area contributed by atoms with E-state index in [2.05, 4.69) is 5.32 Å². The number of likely N-dealkylation sites (tertiary alicyclic amines) is 1. The molecule has 0 aromatic carbocycles. The number of hydrogen-bond donors (Lipinski definition) is 2. The molecule has 92 valence electrons. The molecule has 2 amide bonds. The number of carbonyl (C=O) groups excluding carboxylic acids is 2. The Hall–Kier alpha value is -1.10. The molecule has 16 heavy (non-hydrogen) atoms. The first-order valence-electron chi connectivity index (χ1n) is 5.87. The molecular weight excluding hydrogens is 206 g/mol. The van der Waals surface area contributed by atoms with E-state index in [0.29, 0.717) is 19.4 Å². The molecule has 1 rings (SSSR count). The van der Waals surface area contributed by atoms with Crippen LogP contribution < -0.4 is 11.1 Å². The largest absolute Gasteiger partial charge is 0.370 e. The highest BCUT2D eigenvalue weighted by Crippen LogP contribution is 2.20. The maximum atomic E-state index is 11.9. The summed E-state index contributed by atoms with van der Waals surface area (Å²) in [4.78, 5) is 24.6. The fourth-order valence-electron chi connectivity index (χ4n) is 2.15. The predicted octanol–water partition coefficient (Wildman–Crippen LogP) is -0.148. The highest BCUT2D eigenvalue weighted by atomic mass is 16.2. The summed E-state index contributed by atoms with van der Waals surface area (Å²) < 4.78 is 0. The van der Waals surface area contributed by atoms with Gasteiger partial charge >= 0.3 is 0 Å². The van der Waals surface area contributed by atoms with Gasteiger partial charge in [0.2, 0.25) is 11.8 Å². The van der Waals surface area contributed by atoms with Crippen molar-refractivity contribution >= 4 is 11.8 Å². The van der Waals surface area contributed by atoms with Crippen LogP contribution in [0.15, 0.2) is 0 Å². The molecule has 0 spiro atoms. The van der Waals surface area contributed by atoms with Crippen LogP contribution in [0.5, 0.6) is 0 Å². The van der Waals surface area contributed by atoms with Gasteiger partial charge in [0.25, 0.3) is 0 Å². The maximum absolute atomic E-state index is 11.9. The second-order valence-corrected chi connectivity index (χ2v) is 4.26. The van der Waals surface area contributed by atoms with Crippen molar-refractivity contribution in [2.45, 2.75) is 38.1 Å². The third kappa shape index (κ3) is 3.81. The van der Waals surface area contributed by atoms with Gasteiger partial charge in [-0.05, 0) is 26.3 Å². The quantitative estimate of drug-likeness (QED) is 0.686. The van der Waals surface area contributed by atoms with E-state index in [4.69, 9.17) is 5.73 Å². The number of rotatable bonds is 5. The molecule has 3 N–H and O–H groups in total. The van der Waals surface area contributed by atoms with Gasteiger partial charge in [0.05, 0.1) is 0 Å². The van der Waals surface area contributed by atoms with Crippen LogP contribution >= 0.6 is 0 Å². The predicted molar refractivity (Wildman–Crippen MR) is 61.7 cm³/mol. The lowest BCUT2D eigenvalue weighted by molar-refractivity contribution is -0.135. The third-order valence-corrected chi connectivity index (χ3v) is 2.97. The number of amides is 2. The summed E-state index contributed by atoms with van der Waals surface area (Å²) in [5.74, 6) is -0.196. The van der Waals surface area contributed by atoms with Gasteiger partial charge in [0.1, 0.15) is 0 Å². The molecule has 0 bridgehead atoms. The number of piperidine rings is 1. The Bertz CT molecular complexity index is 256. The standard InChI is InChI=1S/C11H21N3O2/c1-13-6-5-11(16)14-7-3-2-4-9(14)8-10(12)15/h9,13H,2-8H2,1H3,(H2,12,15). The minimum Gasteiger partial charge on any atom is -0.370 e. The summed E-state index contributed by atoms with van der Waals surface area (Å²) >= 11 is 0. The normalized spacial score (nSPS) is 20.8. The smallest absolute Gasteiger partial charge is 0.224 e. The average molecular weight is 227 g/mol. The van der Waals surface area contributed by atoms with Crippen molar-refractivity contribution in [1.29, 1.82) is 0 Å². The van der Waals surface area contributed by atoms with Crippen molar-refractivity contribution in [3.05, 3.63) is 0 Å². The Morgan fingerprint density at radius 2 is 2.19 bits per heavy atom. The van der Waals surface area contributed by atoms with Crippen molar-refractivity contribution in [2.75, 3.05) is 20.1 Å². The zero-order valence-corrected chi connectivity index (χ0v) is 9.87. The number of hydrogen-bond acceptors (Lipinski definition) is 3. The number of nitrogens with zero attached hydrogens (tertiary/aromatic N) is 1. The zero-order valence-electron chi connectivity index (χ0n) is 9.87. The summed E-state index contributed by atoms with van der Waals surface area (Å²) in [6.45, 7) is 1.44. The van der Waals surface area contributed by atoms with Crippen LogP contribution in [0.3, 0.4) is 0 Å². The monoisotopic (exact) mass is 227 g/mol. The molecule has 1 saturated heterocycles. The topological polar surface area (TPSA) is 75.4 Å². The molecular formula is C11H21N3O2. The molecule has 5 nitrogen and oxygen atoms in total. The van der Waals surface area contributed by atoms with Crippen LogP contribution in [-0.4, -0.2) is 42.9 Å². The number of primary amides is 1. The van der Waals surface area contributed by atoms with Crippen LogP contribution in [0.4, 0.5) is 0 Å². The Kier molecular flexibility index (Phi) is 5.25. The lowest BCUT2D eigenvalue weighted by Crippen LogP contribution is -2.46. The molecule has 5 heteroatoms. The van der Waals surface area contributed by atoms with E-state index in [-0.39, 0.29) is 17.9 Å². The molecule has 1 aliphatic rings. The van der Waals surface area contributed by atoms with E-state index in [1.54, 1.807) is 0 Å². The first-order valence-corrected chi connectivity index (χ1v) is 5.87. The van der Waals surface area contributed by atoms with Crippen molar-refractivity contribution in [3.8, 4) is 0 Å². The van der Waals surface area contributed by atoms with E-state index in [1.807, 2.05) is 11.9 Å². The SMILES string of the molecule is CNCCC(=O)N1CCCCC1CC(N)=O. The molecule has 0 radical (unpaired) electrons. The van der Waals surface area contributed by atoms with Gasteiger partial charge in [0.15, 0.2) is 0 Å². The second kappa shape index (κ2) is 6.48. The lowest BCUT2D eigenvalue weighted by Gasteiger charge is -2.35. The molecule has 0 aromatic rings. The lowest BCUT2D eigenvalue weighted by atomic mass is 9.98. The van der Waals surface area contributed by atoms with Crippen LogP contribution in [0, 0.1) is 0 Å². The van der Waals surface area contributed by atoms with E-state index in [9.17, 15) is 9.59 Å². The van der Waals surface area contributed by atoms with Crippen molar-refractivity contribution < 1.29 is 9.59 Å². The van der Waals surface area contributed by atoms with E-state index in [1.165, 1.54) is 0 Å². The second-order valence-electron chi connectivity index (χ2n) is 4.26. The van der Waals surface area contributed by atoms with Crippen LogP contribution in [0.25, 0.3) is 0 Å². The number of carbonyl (C=O) groups is 2. The Balaban J connectivity index is 2.51. The molecule has 0 aromatic heterocycles. The minimum absolute atomic E-state index is 0.0237. The van der Waals surface area contributed by atoms with Gasteiger partial charge < -0.3 is 16.0 Å². The van der Waals surface area contributed by atoms with Crippen molar-refractivity contribution in [3.63, 3.8) is 0 Å². The average Bonchev–Trinajstić information content (AvgIpc) is 2.26. The molecule has 1 fully saturated rings. The first-order chi connectivity index (χ1) is 7.65. The van der Waals surface area contributed by atoms with Crippen LogP contribution in [0.1, 0.15) is 32.1 Å². The highest BCUT2D eigenvalue weighted by Gasteiger charge is 2.27. The molecule has 1 unspecified atom stereocenters. The minimum atomic E-state index is -0.321. The first kappa shape index (κ1) is 13.0. The van der Waals surface area contributed by atoms with Gasteiger partial charge in [-0.2, -0.15) is 0 Å². The molecule has 0 aliphatic carbocycles. The molecule has 1 atom stereocenters.